The van der Waals surface area contributed by atoms with Gasteiger partial charge in [-0.3, -0.25) is 0 Å². The molecule has 2 atom stereocenters. The van der Waals surface area contributed by atoms with E-state index in [1.54, 1.807) is 4.90 Å². The molecule has 3 heteroatoms. The van der Waals surface area contributed by atoms with Crippen LogP contribution in [0.1, 0.15) is 141 Å². The summed E-state index contributed by atoms with van der Waals surface area (Å²) in [4.78, 5) is 13.3. The van der Waals surface area contributed by atoms with Gasteiger partial charge in [-0.25, -0.2) is 4.79 Å². The summed E-state index contributed by atoms with van der Waals surface area (Å²) in [7, 11) is 0. The maximum absolute atomic E-state index is 11.5. The Balaban J connectivity index is -0.000000173. The Morgan fingerprint density at radius 3 is 1.77 bits per heavy atom. The van der Waals surface area contributed by atoms with E-state index in [4.69, 9.17) is 4.74 Å². The van der Waals surface area contributed by atoms with Gasteiger partial charge in [0, 0.05) is 13.1 Å². The maximum Gasteiger partial charge on any atom is 0.410 e. The molecule has 30 heavy (non-hydrogen) atoms. The molecule has 0 aromatic carbocycles. The summed E-state index contributed by atoms with van der Waals surface area (Å²) < 4.78 is 5.26. The van der Waals surface area contributed by atoms with E-state index in [1.807, 2.05) is 48.5 Å². The first-order valence-corrected chi connectivity index (χ1v) is 13.1. The summed E-state index contributed by atoms with van der Waals surface area (Å²) in [5.74, 6) is 1.57. The molecule has 1 rings (SSSR count). The molecule has 0 saturated carbocycles. The minimum atomic E-state index is -0.372. The second kappa shape index (κ2) is 26.3. The van der Waals surface area contributed by atoms with Crippen molar-refractivity contribution in [2.45, 2.75) is 147 Å². The van der Waals surface area contributed by atoms with Gasteiger partial charge in [-0.05, 0) is 39.0 Å². The summed E-state index contributed by atoms with van der Waals surface area (Å²) in [5, 5.41) is 0. The smallest absolute Gasteiger partial charge is 0.410 e. The monoisotopic (exact) mass is 431 g/mol. The Morgan fingerprint density at radius 1 is 0.967 bits per heavy atom. The Bertz CT molecular complexity index is 321. The van der Waals surface area contributed by atoms with Crippen LogP contribution in [0.3, 0.4) is 0 Å². The molecule has 0 radical (unpaired) electrons. The van der Waals surface area contributed by atoms with Crippen LogP contribution in [-0.4, -0.2) is 29.7 Å². The molecular formula is C27H61NO2. The Labute approximate surface area is 192 Å². The first-order valence-electron chi connectivity index (χ1n) is 13.1. The molecule has 1 amide bonds. The lowest BCUT2D eigenvalue weighted by Crippen LogP contribution is -2.35. The van der Waals surface area contributed by atoms with E-state index >= 15 is 0 Å². The fraction of sp³-hybridized carbons (Fsp3) is 0.963. The van der Waals surface area contributed by atoms with Gasteiger partial charge in [-0.2, -0.15) is 0 Å². The van der Waals surface area contributed by atoms with Gasteiger partial charge in [-0.1, -0.05) is 114 Å². The highest BCUT2D eigenvalue weighted by molar-refractivity contribution is 5.68. The third-order valence-electron chi connectivity index (χ3n) is 4.57. The van der Waals surface area contributed by atoms with Crippen LogP contribution in [-0.2, 0) is 4.74 Å². The Hall–Kier alpha value is -0.730. The quantitative estimate of drug-likeness (QED) is 0.391. The summed E-state index contributed by atoms with van der Waals surface area (Å²) >= 11 is 0. The molecule has 0 aliphatic carbocycles. The van der Waals surface area contributed by atoms with Gasteiger partial charge >= 0.3 is 6.09 Å². The van der Waals surface area contributed by atoms with Crippen LogP contribution >= 0.6 is 0 Å². The normalized spacial score (nSPS) is 15.6. The highest BCUT2D eigenvalue weighted by atomic mass is 16.6. The van der Waals surface area contributed by atoms with Crippen molar-refractivity contribution in [3.8, 4) is 0 Å². The molecular weight excluding hydrogens is 370 g/mol. The lowest BCUT2D eigenvalue weighted by atomic mass is 10.0. The molecule has 2 unspecified atom stereocenters. The van der Waals surface area contributed by atoms with Crippen molar-refractivity contribution in [3.63, 3.8) is 0 Å². The SMILES string of the molecule is CC.CC.CC1CCN(C(=O)OC(C)(C)C)C1.CCCC.CCCCCC(C)CC. The number of likely N-dealkylation sites (tertiary alicyclic amines) is 1. The fourth-order valence-electron chi connectivity index (χ4n) is 2.37. The number of carbonyl (C=O) groups excluding carboxylic acids is 1. The van der Waals surface area contributed by atoms with E-state index < -0.39 is 0 Å². The number of unbranched alkanes of at least 4 members (excludes halogenated alkanes) is 3. The molecule has 0 aromatic rings. The van der Waals surface area contributed by atoms with E-state index in [0.717, 1.165) is 25.4 Å². The van der Waals surface area contributed by atoms with Crippen molar-refractivity contribution in [2.75, 3.05) is 13.1 Å². The first kappa shape index (κ1) is 36.6. The average Bonchev–Trinajstić information content (AvgIpc) is 3.17. The van der Waals surface area contributed by atoms with Crippen molar-refractivity contribution >= 4 is 6.09 Å². The van der Waals surface area contributed by atoms with Crippen molar-refractivity contribution < 1.29 is 9.53 Å². The highest BCUT2D eigenvalue weighted by Gasteiger charge is 2.27. The predicted octanol–water partition coefficient (Wildman–Crippen LogP) is 9.73. The third-order valence-corrected chi connectivity index (χ3v) is 4.57. The number of nitrogens with zero attached hydrogens (tertiary/aromatic N) is 1. The first-order chi connectivity index (χ1) is 14.1. The lowest BCUT2D eigenvalue weighted by Gasteiger charge is -2.24. The molecule has 3 nitrogen and oxygen atoms in total. The number of ether oxygens (including phenoxy) is 1. The Kier molecular flexibility index (Phi) is 32.1. The van der Waals surface area contributed by atoms with Crippen LogP contribution in [0.5, 0.6) is 0 Å². The van der Waals surface area contributed by atoms with Gasteiger partial charge in [0.15, 0.2) is 0 Å². The average molecular weight is 432 g/mol. The van der Waals surface area contributed by atoms with Gasteiger partial charge < -0.3 is 9.64 Å². The third kappa shape index (κ3) is 29.5. The topological polar surface area (TPSA) is 29.5 Å². The highest BCUT2D eigenvalue weighted by Crippen LogP contribution is 2.18. The van der Waals surface area contributed by atoms with Crippen LogP contribution < -0.4 is 0 Å². The zero-order chi connectivity index (χ0) is 24.6. The molecule has 186 valence electrons. The molecule has 0 aromatic heterocycles. The van der Waals surface area contributed by atoms with Gasteiger partial charge in [0.1, 0.15) is 5.60 Å². The lowest BCUT2D eigenvalue weighted by molar-refractivity contribution is 0.0289. The van der Waals surface area contributed by atoms with Crippen LogP contribution in [0.25, 0.3) is 0 Å². The number of amides is 1. The second-order valence-electron chi connectivity index (χ2n) is 8.83. The molecule has 0 bridgehead atoms. The second-order valence-corrected chi connectivity index (χ2v) is 8.83. The van der Waals surface area contributed by atoms with Crippen LogP contribution in [0.15, 0.2) is 0 Å². The minimum Gasteiger partial charge on any atom is -0.444 e. The molecule has 0 spiro atoms. The minimum absolute atomic E-state index is 0.170. The maximum atomic E-state index is 11.5. The van der Waals surface area contributed by atoms with E-state index in [9.17, 15) is 4.79 Å². The summed E-state index contributed by atoms with van der Waals surface area (Å²) in [6.07, 6.45) is 10.6. The number of carbonyl (C=O) groups is 1. The molecule has 1 aliphatic rings. The van der Waals surface area contributed by atoms with E-state index in [1.165, 1.54) is 44.9 Å². The Morgan fingerprint density at radius 2 is 1.47 bits per heavy atom. The van der Waals surface area contributed by atoms with Crippen LogP contribution in [0.2, 0.25) is 0 Å². The fourth-order valence-corrected chi connectivity index (χ4v) is 2.37. The standard InChI is InChI=1S/C10H19NO2.C9H20.C4H10.2C2H6/c1-8-5-6-11(7-8)9(12)13-10(2,3)4;1-4-6-7-8-9(3)5-2;1-3-4-2;2*1-2/h8H,5-7H2,1-4H3;9H,4-8H2,1-3H3;3-4H2,1-2H3;2*1-2H3. The number of hydrogen-bond donors (Lipinski definition) is 0. The summed E-state index contributed by atoms with van der Waals surface area (Å²) in [6.45, 7) is 28.8. The number of hydrogen-bond acceptors (Lipinski definition) is 2. The van der Waals surface area contributed by atoms with E-state index in [0.29, 0.717) is 5.92 Å². The van der Waals surface area contributed by atoms with Gasteiger partial charge in [-0.15, -0.1) is 0 Å². The van der Waals surface area contributed by atoms with E-state index in [-0.39, 0.29) is 11.7 Å². The summed E-state index contributed by atoms with van der Waals surface area (Å²) in [5.41, 5.74) is -0.372. The van der Waals surface area contributed by atoms with Crippen molar-refractivity contribution in [2.24, 2.45) is 11.8 Å². The predicted molar refractivity (Wildman–Crippen MR) is 138 cm³/mol. The largest absolute Gasteiger partial charge is 0.444 e. The zero-order valence-corrected chi connectivity index (χ0v) is 23.5. The van der Waals surface area contributed by atoms with Crippen LogP contribution in [0.4, 0.5) is 4.79 Å². The van der Waals surface area contributed by atoms with E-state index in [2.05, 4.69) is 41.5 Å². The van der Waals surface area contributed by atoms with Crippen molar-refractivity contribution in [3.05, 3.63) is 0 Å². The molecule has 1 saturated heterocycles. The van der Waals surface area contributed by atoms with Gasteiger partial charge in [0.2, 0.25) is 0 Å². The van der Waals surface area contributed by atoms with Crippen molar-refractivity contribution in [1.82, 2.24) is 4.90 Å². The zero-order valence-electron chi connectivity index (χ0n) is 23.5. The van der Waals surface area contributed by atoms with Crippen LogP contribution in [0, 0.1) is 11.8 Å². The van der Waals surface area contributed by atoms with Crippen molar-refractivity contribution in [1.29, 1.82) is 0 Å². The molecule has 1 aliphatic heterocycles. The molecule has 1 heterocycles. The molecule has 1 fully saturated rings. The number of rotatable bonds is 6. The van der Waals surface area contributed by atoms with Gasteiger partial charge in [0.05, 0.1) is 0 Å². The van der Waals surface area contributed by atoms with Gasteiger partial charge in [0.25, 0.3) is 0 Å². The molecule has 0 N–H and O–H groups in total. The summed E-state index contributed by atoms with van der Waals surface area (Å²) in [6, 6.07) is 0.